The van der Waals surface area contributed by atoms with E-state index >= 15 is 0 Å². The van der Waals surface area contributed by atoms with Gasteiger partial charge in [-0.25, -0.2) is 0 Å². The summed E-state index contributed by atoms with van der Waals surface area (Å²) in [6.07, 6.45) is 8.85. The Balaban J connectivity index is 0.00000169. The summed E-state index contributed by atoms with van der Waals surface area (Å²) < 4.78 is 0. The van der Waals surface area contributed by atoms with Crippen molar-refractivity contribution in [3.05, 3.63) is 35.9 Å². The van der Waals surface area contributed by atoms with Crippen molar-refractivity contribution in [2.45, 2.75) is 51.0 Å². The van der Waals surface area contributed by atoms with Gasteiger partial charge in [0.1, 0.15) is 6.04 Å². The zero-order valence-corrected chi connectivity index (χ0v) is 14.9. The highest BCUT2D eigenvalue weighted by Crippen LogP contribution is 2.59. The molecular formula is C20H28ClNO2. The average Bonchev–Trinajstić information content (AvgIpc) is 2.51. The fraction of sp³-hybridized carbons (Fsp3) is 0.650. The molecule has 5 rings (SSSR count). The summed E-state index contributed by atoms with van der Waals surface area (Å²) >= 11 is 0. The number of carbonyl (C=O) groups is 1. The molecule has 3 nitrogen and oxygen atoms in total. The van der Waals surface area contributed by atoms with Crippen LogP contribution in [0.2, 0.25) is 0 Å². The molecule has 1 atom stereocenters. The summed E-state index contributed by atoms with van der Waals surface area (Å²) in [6.45, 7) is 0.889. The van der Waals surface area contributed by atoms with E-state index in [1.807, 2.05) is 30.3 Å². The molecule has 0 amide bonds. The molecule has 132 valence electrons. The van der Waals surface area contributed by atoms with Gasteiger partial charge in [-0.3, -0.25) is 4.79 Å². The first-order chi connectivity index (χ1) is 11.1. The summed E-state index contributed by atoms with van der Waals surface area (Å²) in [7, 11) is 0. The minimum Gasteiger partial charge on any atom is -0.480 e. The number of rotatable bonds is 6. The van der Waals surface area contributed by atoms with Crippen LogP contribution in [0.4, 0.5) is 0 Å². The molecule has 4 aliphatic carbocycles. The number of hydrogen-bond acceptors (Lipinski definition) is 2. The Morgan fingerprint density at radius 1 is 1.08 bits per heavy atom. The summed E-state index contributed by atoms with van der Waals surface area (Å²) in [5.74, 6) is 2.03. The van der Waals surface area contributed by atoms with E-state index in [1.54, 1.807) is 0 Å². The highest BCUT2D eigenvalue weighted by Gasteiger charge is 2.50. The van der Waals surface area contributed by atoms with E-state index in [2.05, 4.69) is 5.32 Å². The third-order valence-electron chi connectivity index (χ3n) is 6.47. The van der Waals surface area contributed by atoms with Crippen molar-refractivity contribution in [2.24, 2.45) is 23.2 Å². The van der Waals surface area contributed by atoms with E-state index in [0.717, 1.165) is 29.9 Å². The second-order valence-electron chi connectivity index (χ2n) is 8.38. The average molecular weight is 350 g/mol. The maximum Gasteiger partial charge on any atom is 0.321 e. The largest absolute Gasteiger partial charge is 0.480 e. The Hall–Kier alpha value is -1.06. The molecule has 1 aromatic rings. The first-order valence-electron chi connectivity index (χ1n) is 9.12. The topological polar surface area (TPSA) is 49.3 Å². The van der Waals surface area contributed by atoms with Gasteiger partial charge in [-0.2, -0.15) is 0 Å². The van der Waals surface area contributed by atoms with Gasteiger partial charge in [0.15, 0.2) is 0 Å². The molecule has 1 aromatic carbocycles. The Bertz CT molecular complexity index is 539. The van der Waals surface area contributed by atoms with Gasteiger partial charge in [0, 0.05) is 6.54 Å². The van der Waals surface area contributed by atoms with Gasteiger partial charge in [0.05, 0.1) is 0 Å². The third kappa shape index (κ3) is 3.62. The quantitative estimate of drug-likeness (QED) is 0.818. The van der Waals surface area contributed by atoms with Crippen molar-refractivity contribution in [1.29, 1.82) is 0 Å². The second kappa shape index (κ2) is 7.05. The zero-order valence-electron chi connectivity index (χ0n) is 14.1. The SMILES string of the molecule is Cl.O=C(O)[C@H](Cc1ccccc1)NCC12CC3CC(CC(C3)C1)C2. The van der Waals surface area contributed by atoms with Crippen LogP contribution in [0.1, 0.15) is 44.1 Å². The van der Waals surface area contributed by atoms with Gasteiger partial charge in [-0.1, -0.05) is 30.3 Å². The van der Waals surface area contributed by atoms with E-state index < -0.39 is 12.0 Å². The molecular weight excluding hydrogens is 322 g/mol. The number of halogens is 1. The van der Waals surface area contributed by atoms with Crippen molar-refractivity contribution < 1.29 is 9.90 Å². The summed E-state index contributed by atoms with van der Waals surface area (Å²) in [4.78, 5) is 11.7. The van der Waals surface area contributed by atoms with Crippen molar-refractivity contribution in [2.75, 3.05) is 6.54 Å². The Morgan fingerprint density at radius 2 is 1.62 bits per heavy atom. The molecule has 0 aromatic heterocycles. The minimum atomic E-state index is -0.724. The molecule has 0 saturated heterocycles. The van der Waals surface area contributed by atoms with Crippen LogP contribution in [0.3, 0.4) is 0 Å². The number of carboxylic acids is 1. The lowest BCUT2D eigenvalue weighted by atomic mass is 9.49. The molecule has 2 N–H and O–H groups in total. The first kappa shape index (κ1) is 17.8. The van der Waals surface area contributed by atoms with Crippen molar-refractivity contribution >= 4 is 18.4 Å². The van der Waals surface area contributed by atoms with Gasteiger partial charge in [0.25, 0.3) is 0 Å². The lowest BCUT2D eigenvalue weighted by molar-refractivity contribution is -0.140. The maximum absolute atomic E-state index is 11.7. The van der Waals surface area contributed by atoms with Gasteiger partial charge < -0.3 is 10.4 Å². The molecule has 0 aliphatic heterocycles. The highest BCUT2D eigenvalue weighted by molar-refractivity contribution is 5.85. The number of nitrogens with one attached hydrogen (secondary N) is 1. The van der Waals surface area contributed by atoms with E-state index in [1.165, 1.54) is 38.5 Å². The normalized spacial score (nSPS) is 34.6. The predicted octanol–water partition coefficient (Wildman–Crippen LogP) is 3.91. The molecule has 0 heterocycles. The number of benzene rings is 1. The van der Waals surface area contributed by atoms with Gasteiger partial charge in [-0.05, 0) is 73.7 Å². The molecule has 0 unspecified atom stereocenters. The monoisotopic (exact) mass is 349 g/mol. The first-order valence-corrected chi connectivity index (χ1v) is 9.12. The summed E-state index contributed by atoms with van der Waals surface area (Å²) in [5.41, 5.74) is 1.48. The zero-order chi connectivity index (χ0) is 15.9. The Morgan fingerprint density at radius 3 is 2.12 bits per heavy atom. The molecule has 4 heteroatoms. The highest BCUT2D eigenvalue weighted by atomic mass is 35.5. The molecule has 4 aliphatic rings. The van der Waals surface area contributed by atoms with Crippen LogP contribution >= 0.6 is 12.4 Å². The van der Waals surface area contributed by atoms with Crippen LogP contribution in [0, 0.1) is 23.2 Å². The molecule has 0 spiro atoms. The Kier molecular flexibility index (Phi) is 5.22. The van der Waals surface area contributed by atoms with Crippen molar-refractivity contribution in [3.8, 4) is 0 Å². The van der Waals surface area contributed by atoms with Crippen molar-refractivity contribution in [1.82, 2.24) is 5.32 Å². The van der Waals surface area contributed by atoms with E-state index in [-0.39, 0.29) is 12.4 Å². The van der Waals surface area contributed by atoms with Crippen molar-refractivity contribution in [3.63, 3.8) is 0 Å². The second-order valence-corrected chi connectivity index (χ2v) is 8.38. The standard InChI is InChI=1S/C20H27NO2.ClH/c22-19(23)18(9-14-4-2-1-3-5-14)21-13-20-10-15-6-16(11-20)8-17(7-15)12-20;/h1-5,15-18,21H,6-13H2,(H,22,23);1H/t15?,16?,17?,18-,20?;/m0./s1. The minimum absolute atomic E-state index is 0. The van der Waals surface area contributed by atoms with Gasteiger partial charge >= 0.3 is 5.97 Å². The Labute approximate surface area is 150 Å². The molecule has 0 radical (unpaired) electrons. The third-order valence-corrected chi connectivity index (χ3v) is 6.47. The number of carboxylic acid groups (broad SMARTS) is 1. The lowest BCUT2D eigenvalue weighted by Gasteiger charge is -2.57. The number of hydrogen-bond donors (Lipinski definition) is 2. The van der Waals surface area contributed by atoms with Crippen LogP contribution in [0.25, 0.3) is 0 Å². The molecule has 4 fully saturated rings. The summed E-state index contributed by atoms with van der Waals surface area (Å²) in [5, 5.41) is 13.0. The smallest absolute Gasteiger partial charge is 0.321 e. The molecule has 24 heavy (non-hydrogen) atoms. The summed E-state index contributed by atoms with van der Waals surface area (Å²) in [6, 6.07) is 9.50. The predicted molar refractivity (Wildman–Crippen MR) is 97.4 cm³/mol. The van der Waals surface area contributed by atoms with Gasteiger partial charge in [-0.15, -0.1) is 12.4 Å². The van der Waals surface area contributed by atoms with Crippen LogP contribution in [-0.2, 0) is 11.2 Å². The van der Waals surface area contributed by atoms with Gasteiger partial charge in [0.2, 0.25) is 0 Å². The van der Waals surface area contributed by atoms with E-state index in [4.69, 9.17) is 0 Å². The van der Waals surface area contributed by atoms with Crippen LogP contribution < -0.4 is 5.32 Å². The van der Waals surface area contributed by atoms with Crippen LogP contribution in [0.15, 0.2) is 30.3 Å². The molecule has 4 saturated carbocycles. The van der Waals surface area contributed by atoms with E-state index in [9.17, 15) is 9.90 Å². The number of aliphatic carboxylic acids is 1. The maximum atomic E-state index is 11.7. The van der Waals surface area contributed by atoms with Crippen LogP contribution in [-0.4, -0.2) is 23.7 Å². The van der Waals surface area contributed by atoms with Crippen LogP contribution in [0.5, 0.6) is 0 Å². The fourth-order valence-corrected chi connectivity index (χ4v) is 5.94. The van der Waals surface area contributed by atoms with E-state index in [0.29, 0.717) is 11.8 Å². The fourth-order valence-electron chi connectivity index (χ4n) is 5.94. The lowest BCUT2D eigenvalue weighted by Crippen LogP contribution is -2.53. The molecule has 4 bridgehead atoms.